The average molecular weight is 397 g/mol. The zero-order valence-electron chi connectivity index (χ0n) is 17.0. The first-order chi connectivity index (χ1) is 14.5. The van der Waals surface area contributed by atoms with Gasteiger partial charge in [0.2, 0.25) is 0 Å². The Bertz CT molecular complexity index is 1330. The summed E-state index contributed by atoms with van der Waals surface area (Å²) in [6.07, 6.45) is 3.67. The second-order valence-corrected chi connectivity index (χ2v) is 7.75. The van der Waals surface area contributed by atoms with Crippen LogP contribution in [-0.4, -0.2) is 36.9 Å². The summed E-state index contributed by atoms with van der Waals surface area (Å²) in [5.41, 5.74) is 13.1. The molecule has 150 valence electrons. The third-order valence-corrected chi connectivity index (χ3v) is 5.22. The zero-order chi connectivity index (χ0) is 20.7. The van der Waals surface area contributed by atoms with E-state index in [-0.39, 0.29) is 0 Å². The fourth-order valence-electron chi connectivity index (χ4n) is 3.92. The smallest absolute Gasteiger partial charge is 0.160 e. The van der Waals surface area contributed by atoms with Crippen LogP contribution in [0.15, 0.2) is 54.9 Å². The molecular weight excluding hydrogens is 374 g/mol. The number of anilines is 1. The Balaban J connectivity index is 1.45. The first-order valence-electron chi connectivity index (χ1n) is 9.87. The molecule has 0 amide bonds. The Morgan fingerprint density at radius 3 is 2.57 bits per heavy atom. The van der Waals surface area contributed by atoms with Crippen molar-refractivity contribution in [1.29, 1.82) is 0 Å². The molecule has 0 fully saturated rings. The van der Waals surface area contributed by atoms with Gasteiger partial charge in [-0.15, -0.1) is 0 Å². The minimum absolute atomic E-state index is 0.471. The summed E-state index contributed by atoms with van der Waals surface area (Å²) in [7, 11) is 2.13. The Hall–Kier alpha value is -3.71. The lowest BCUT2D eigenvalue weighted by molar-refractivity contribution is 0.319. The Morgan fingerprint density at radius 1 is 0.933 bits per heavy atom. The first-order valence-corrected chi connectivity index (χ1v) is 9.87. The number of imidazole rings is 1. The summed E-state index contributed by atoms with van der Waals surface area (Å²) in [6.45, 7) is 3.66. The number of nitrogens with zero attached hydrogens (tertiary/aromatic N) is 4. The number of aromatic amines is 2. The van der Waals surface area contributed by atoms with E-state index < -0.39 is 0 Å². The molecule has 7 heteroatoms. The van der Waals surface area contributed by atoms with E-state index >= 15 is 0 Å². The van der Waals surface area contributed by atoms with Crippen molar-refractivity contribution in [2.45, 2.75) is 20.0 Å². The predicted octanol–water partition coefficient (Wildman–Crippen LogP) is 4.02. The Kier molecular flexibility index (Phi) is 4.44. The van der Waals surface area contributed by atoms with Crippen molar-refractivity contribution in [2.75, 3.05) is 12.8 Å². The fraction of sp³-hybridized carbons (Fsp3) is 0.174. The van der Waals surface area contributed by atoms with E-state index in [1.54, 1.807) is 0 Å². The molecular formula is C23H23N7. The van der Waals surface area contributed by atoms with E-state index in [0.717, 1.165) is 46.6 Å². The molecule has 0 spiro atoms. The lowest BCUT2D eigenvalue weighted by Crippen LogP contribution is -2.17. The predicted molar refractivity (Wildman–Crippen MR) is 120 cm³/mol. The molecule has 1 aromatic carbocycles. The van der Waals surface area contributed by atoms with Gasteiger partial charge in [0, 0.05) is 47.6 Å². The molecule has 0 saturated heterocycles. The summed E-state index contributed by atoms with van der Waals surface area (Å²) in [5.74, 6) is 1.29. The van der Waals surface area contributed by atoms with E-state index in [4.69, 9.17) is 5.73 Å². The van der Waals surface area contributed by atoms with E-state index in [0.29, 0.717) is 11.5 Å². The molecule has 30 heavy (non-hydrogen) atoms. The molecule has 4 heterocycles. The van der Waals surface area contributed by atoms with Crippen LogP contribution < -0.4 is 5.73 Å². The first kappa shape index (κ1) is 18.3. The molecule has 0 unspecified atom stereocenters. The van der Waals surface area contributed by atoms with Crippen molar-refractivity contribution in [3.8, 4) is 11.3 Å². The molecule has 0 aliphatic carbocycles. The molecule has 5 rings (SSSR count). The number of nitrogens with two attached hydrogens (primary N) is 1. The summed E-state index contributed by atoms with van der Waals surface area (Å²) in [5, 5.41) is 1.16. The maximum absolute atomic E-state index is 6.03. The second kappa shape index (κ2) is 7.27. The molecule has 0 saturated carbocycles. The highest BCUT2D eigenvalue weighted by atomic mass is 15.1. The van der Waals surface area contributed by atoms with Gasteiger partial charge in [-0.3, -0.25) is 9.88 Å². The van der Waals surface area contributed by atoms with Gasteiger partial charge in [0.25, 0.3) is 0 Å². The van der Waals surface area contributed by atoms with Crippen molar-refractivity contribution in [1.82, 2.24) is 29.8 Å². The van der Waals surface area contributed by atoms with Crippen molar-refractivity contribution in [3.63, 3.8) is 0 Å². The van der Waals surface area contributed by atoms with E-state index in [1.165, 1.54) is 11.1 Å². The number of rotatable bonds is 5. The molecule has 0 atom stereocenters. The van der Waals surface area contributed by atoms with Crippen LogP contribution in [0.1, 0.15) is 17.0 Å². The van der Waals surface area contributed by atoms with Gasteiger partial charge in [-0.2, -0.15) is 0 Å². The topological polar surface area (TPSA) is 99.5 Å². The molecule has 0 aliphatic heterocycles. The van der Waals surface area contributed by atoms with Gasteiger partial charge in [-0.05, 0) is 61.5 Å². The summed E-state index contributed by atoms with van der Waals surface area (Å²) >= 11 is 0. The van der Waals surface area contributed by atoms with Crippen LogP contribution in [0.2, 0.25) is 0 Å². The number of aromatic nitrogens is 5. The maximum Gasteiger partial charge on any atom is 0.160 e. The molecule has 4 aromatic heterocycles. The van der Waals surface area contributed by atoms with Gasteiger partial charge >= 0.3 is 0 Å². The number of H-pyrrole nitrogens is 2. The van der Waals surface area contributed by atoms with Crippen molar-refractivity contribution >= 4 is 27.9 Å². The number of nitrogens with one attached hydrogen (secondary N) is 2. The highest BCUT2D eigenvalue weighted by Crippen LogP contribution is 2.30. The second-order valence-electron chi connectivity index (χ2n) is 7.75. The summed E-state index contributed by atoms with van der Waals surface area (Å²) in [6, 6.07) is 14.7. The number of aryl methyl sites for hydroxylation is 1. The van der Waals surface area contributed by atoms with E-state index in [9.17, 15) is 0 Å². The van der Waals surface area contributed by atoms with Crippen LogP contribution in [0.3, 0.4) is 0 Å². The quantitative estimate of drug-likeness (QED) is 0.416. The van der Waals surface area contributed by atoms with Gasteiger partial charge < -0.3 is 15.7 Å². The van der Waals surface area contributed by atoms with Crippen LogP contribution in [0.4, 0.5) is 5.82 Å². The number of hydrogen-bond donors (Lipinski definition) is 3. The Labute approximate surface area is 174 Å². The number of pyridine rings is 2. The maximum atomic E-state index is 6.03. The molecule has 0 aliphatic rings. The standard InChI is InChI=1S/C23H23N7/c1-14-26-22-18(11-21(24)29-23(22)27-14)20-10-17-9-16(3-4-19(17)28-20)13-30(2)12-15-5-7-25-8-6-15/h3-11,28H,12-13H2,1-2H3,(H3,24,26,27,29). The van der Waals surface area contributed by atoms with E-state index in [1.807, 2.05) is 25.4 Å². The number of fused-ring (bicyclic) bond motifs is 2. The van der Waals surface area contributed by atoms with Crippen LogP contribution in [0.25, 0.3) is 33.3 Å². The summed E-state index contributed by atoms with van der Waals surface area (Å²) < 4.78 is 0. The number of benzene rings is 1. The van der Waals surface area contributed by atoms with Crippen molar-refractivity contribution in [3.05, 3.63) is 71.8 Å². The van der Waals surface area contributed by atoms with Gasteiger partial charge in [0.15, 0.2) is 5.65 Å². The fourth-order valence-corrected chi connectivity index (χ4v) is 3.92. The third kappa shape index (κ3) is 3.51. The lowest BCUT2D eigenvalue weighted by atomic mass is 10.1. The molecule has 7 nitrogen and oxygen atoms in total. The Morgan fingerprint density at radius 2 is 1.73 bits per heavy atom. The monoisotopic (exact) mass is 397 g/mol. The molecule has 5 aromatic rings. The van der Waals surface area contributed by atoms with Gasteiger partial charge in [0.05, 0.1) is 0 Å². The molecule has 0 bridgehead atoms. The SMILES string of the molecule is Cc1nc2c(-c3cc4cc(CN(C)Cc5ccncc5)ccc4[nH]3)cc(N)nc2[nH]1. The lowest BCUT2D eigenvalue weighted by Gasteiger charge is -2.16. The molecule has 0 radical (unpaired) electrons. The zero-order valence-corrected chi connectivity index (χ0v) is 17.0. The van der Waals surface area contributed by atoms with Gasteiger partial charge in [-0.25, -0.2) is 9.97 Å². The van der Waals surface area contributed by atoms with E-state index in [2.05, 4.69) is 73.3 Å². The van der Waals surface area contributed by atoms with Gasteiger partial charge in [0.1, 0.15) is 17.2 Å². The van der Waals surface area contributed by atoms with Crippen LogP contribution in [0, 0.1) is 6.92 Å². The van der Waals surface area contributed by atoms with Crippen LogP contribution in [-0.2, 0) is 13.1 Å². The third-order valence-electron chi connectivity index (χ3n) is 5.22. The number of hydrogen-bond acceptors (Lipinski definition) is 5. The minimum Gasteiger partial charge on any atom is -0.384 e. The summed E-state index contributed by atoms with van der Waals surface area (Å²) in [4.78, 5) is 22.0. The number of nitrogen functional groups attached to an aromatic ring is 1. The van der Waals surface area contributed by atoms with Crippen LogP contribution in [0.5, 0.6) is 0 Å². The van der Waals surface area contributed by atoms with Gasteiger partial charge in [-0.1, -0.05) is 6.07 Å². The molecule has 4 N–H and O–H groups in total. The highest BCUT2D eigenvalue weighted by Gasteiger charge is 2.13. The minimum atomic E-state index is 0.471. The largest absolute Gasteiger partial charge is 0.384 e. The van der Waals surface area contributed by atoms with Crippen LogP contribution >= 0.6 is 0 Å². The average Bonchev–Trinajstić information content (AvgIpc) is 3.30. The highest BCUT2D eigenvalue weighted by molar-refractivity contribution is 5.95. The van der Waals surface area contributed by atoms with Crippen molar-refractivity contribution < 1.29 is 0 Å². The van der Waals surface area contributed by atoms with Crippen molar-refractivity contribution in [2.24, 2.45) is 0 Å². The normalized spacial score (nSPS) is 11.7.